The quantitative estimate of drug-likeness (QED) is 0.794. The summed E-state index contributed by atoms with van der Waals surface area (Å²) in [7, 11) is 0. The van der Waals surface area contributed by atoms with Gasteiger partial charge in [0.2, 0.25) is 0 Å². The third-order valence-electron chi connectivity index (χ3n) is 4.66. The van der Waals surface area contributed by atoms with Crippen LogP contribution in [0.15, 0.2) is 30.3 Å². The van der Waals surface area contributed by atoms with E-state index in [1.165, 1.54) is 37.8 Å². The molecule has 1 aromatic rings. The number of nitrogens with zero attached hydrogens (tertiary/aromatic N) is 1. The molecule has 2 nitrogen and oxygen atoms in total. The van der Waals surface area contributed by atoms with Crippen molar-refractivity contribution >= 4 is 0 Å². The molecular formula is C18H30N2. The summed E-state index contributed by atoms with van der Waals surface area (Å²) in [5, 5.41) is 3.66. The highest BCUT2D eigenvalue weighted by Crippen LogP contribution is 2.30. The molecule has 2 heteroatoms. The predicted octanol–water partition coefficient (Wildman–Crippen LogP) is 3.78. The number of rotatable bonds is 6. The molecule has 20 heavy (non-hydrogen) atoms. The van der Waals surface area contributed by atoms with Gasteiger partial charge in [-0.25, -0.2) is 0 Å². The van der Waals surface area contributed by atoms with Crippen molar-refractivity contribution in [2.75, 3.05) is 19.6 Å². The summed E-state index contributed by atoms with van der Waals surface area (Å²) >= 11 is 0. The zero-order valence-corrected chi connectivity index (χ0v) is 13.4. The fourth-order valence-electron chi connectivity index (χ4n) is 3.23. The molecule has 1 fully saturated rings. The second-order valence-corrected chi connectivity index (χ2v) is 6.43. The van der Waals surface area contributed by atoms with Crippen molar-refractivity contribution in [1.82, 2.24) is 10.2 Å². The molecule has 0 radical (unpaired) electrons. The summed E-state index contributed by atoms with van der Waals surface area (Å²) in [6.07, 6.45) is 5.36. The van der Waals surface area contributed by atoms with Crippen LogP contribution >= 0.6 is 0 Å². The molecule has 0 amide bonds. The molecule has 1 N–H and O–H groups in total. The van der Waals surface area contributed by atoms with E-state index >= 15 is 0 Å². The van der Waals surface area contributed by atoms with Gasteiger partial charge in [0, 0.05) is 19.1 Å². The van der Waals surface area contributed by atoms with Crippen LogP contribution in [0.1, 0.15) is 52.0 Å². The standard InChI is InChI=1S/C18H30N2/c1-4-5-6-10-13-20-14-16(2)19-15-18(20,3)17-11-8-7-9-12-17/h7-9,11-12,16,19H,4-6,10,13-15H2,1-3H3. The Hall–Kier alpha value is -0.860. The summed E-state index contributed by atoms with van der Waals surface area (Å²) in [5.41, 5.74) is 1.58. The largest absolute Gasteiger partial charge is 0.311 e. The van der Waals surface area contributed by atoms with E-state index in [1.54, 1.807) is 0 Å². The molecular weight excluding hydrogens is 244 g/mol. The first-order valence-electron chi connectivity index (χ1n) is 8.21. The lowest BCUT2D eigenvalue weighted by atomic mass is 9.87. The molecule has 1 heterocycles. The van der Waals surface area contributed by atoms with Gasteiger partial charge in [0.05, 0.1) is 5.54 Å². The third-order valence-corrected chi connectivity index (χ3v) is 4.66. The molecule has 1 aromatic carbocycles. The zero-order valence-electron chi connectivity index (χ0n) is 13.4. The first kappa shape index (κ1) is 15.5. The Balaban J connectivity index is 2.07. The monoisotopic (exact) mass is 274 g/mol. The van der Waals surface area contributed by atoms with Crippen molar-refractivity contribution in [2.24, 2.45) is 0 Å². The van der Waals surface area contributed by atoms with E-state index in [0.29, 0.717) is 6.04 Å². The minimum absolute atomic E-state index is 0.139. The lowest BCUT2D eigenvalue weighted by molar-refractivity contribution is 0.0518. The minimum atomic E-state index is 0.139. The highest BCUT2D eigenvalue weighted by Gasteiger charge is 2.37. The number of benzene rings is 1. The van der Waals surface area contributed by atoms with Gasteiger partial charge in [-0.2, -0.15) is 0 Å². The first-order chi connectivity index (χ1) is 9.66. The summed E-state index contributed by atoms with van der Waals surface area (Å²) in [6, 6.07) is 11.6. The van der Waals surface area contributed by atoms with Crippen molar-refractivity contribution in [3.63, 3.8) is 0 Å². The van der Waals surface area contributed by atoms with Crippen molar-refractivity contribution in [2.45, 2.75) is 58.0 Å². The van der Waals surface area contributed by atoms with Gasteiger partial charge in [0.1, 0.15) is 0 Å². The maximum absolute atomic E-state index is 3.66. The van der Waals surface area contributed by atoms with Crippen molar-refractivity contribution in [1.29, 1.82) is 0 Å². The van der Waals surface area contributed by atoms with E-state index in [0.717, 1.165) is 13.1 Å². The van der Waals surface area contributed by atoms with Gasteiger partial charge in [-0.05, 0) is 32.4 Å². The van der Waals surface area contributed by atoms with Gasteiger partial charge in [-0.1, -0.05) is 56.5 Å². The van der Waals surface area contributed by atoms with Crippen LogP contribution in [0.3, 0.4) is 0 Å². The first-order valence-corrected chi connectivity index (χ1v) is 8.21. The van der Waals surface area contributed by atoms with E-state index in [4.69, 9.17) is 0 Å². The van der Waals surface area contributed by atoms with Gasteiger partial charge in [0.25, 0.3) is 0 Å². The van der Waals surface area contributed by atoms with Crippen molar-refractivity contribution in [3.8, 4) is 0 Å². The number of piperazine rings is 1. The molecule has 0 bridgehead atoms. The molecule has 0 aliphatic carbocycles. The molecule has 1 aliphatic heterocycles. The van der Waals surface area contributed by atoms with Crippen LogP contribution in [0.5, 0.6) is 0 Å². The Bertz CT molecular complexity index is 390. The SMILES string of the molecule is CCCCCCN1CC(C)NCC1(C)c1ccccc1. The van der Waals surface area contributed by atoms with Crippen LogP contribution in [-0.4, -0.2) is 30.6 Å². The van der Waals surface area contributed by atoms with Gasteiger partial charge in [-0.3, -0.25) is 4.90 Å². The second kappa shape index (κ2) is 7.24. The maximum atomic E-state index is 3.66. The van der Waals surface area contributed by atoms with E-state index in [9.17, 15) is 0 Å². The number of hydrogen-bond donors (Lipinski definition) is 1. The second-order valence-electron chi connectivity index (χ2n) is 6.43. The molecule has 112 valence electrons. The summed E-state index contributed by atoms with van der Waals surface area (Å²) < 4.78 is 0. The van der Waals surface area contributed by atoms with Gasteiger partial charge in [-0.15, -0.1) is 0 Å². The third kappa shape index (κ3) is 3.62. The lowest BCUT2D eigenvalue weighted by Crippen LogP contribution is -2.60. The van der Waals surface area contributed by atoms with E-state index < -0.39 is 0 Å². The highest BCUT2D eigenvalue weighted by atomic mass is 15.3. The van der Waals surface area contributed by atoms with Crippen molar-refractivity contribution in [3.05, 3.63) is 35.9 Å². The molecule has 1 aliphatic rings. The zero-order chi connectivity index (χ0) is 14.4. The number of unbranched alkanes of at least 4 members (excludes halogenated alkanes) is 3. The van der Waals surface area contributed by atoms with Crippen LogP contribution < -0.4 is 5.32 Å². The summed E-state index contributed by atoms with van der Waals surface area (Å²) in [6.45, 7) is 10.4. The Labute approximate surface area is 124 Å². The molecule has 2 rings (SSSR count). The van der Waals surface area contributed by atoms with Crippen LogP contribution in [0.4, 0.5) is 0 Å². The minimum Gasteiger partial charge on any atom is -0.311 e. The topological polar surface area (TPSA) is 15.3 Å². The molecule has 0 saturated carbocycles. The molecule has 0 spiro atoms. The maximum Gasteiger partial charge on any atom is 0.0557 e. The van der Waals surface area contributed by atoms with Gasteiger partial charge in [0.15, 0.2) is 0 Å². The number of hydrogen-bond acceptors (Lipinski definition) is 2. The highest BCUT2D eigenvalue weighted by molar-refractivity contribution is 5.25. The average Bonchev–Trinajstić information content (AvgIpc) is 2.48. The van der Waals surface area contributed by atoms with E-state index in [2.05, 4.69) is 61.3 Å². The average molecular weight is 274 g/mol. The van der Waals surface area contributed by atoms with Crippen LogP contribution in [0.25, 0.3) is 0 Å². The predicted molar refractivity (Wildman–Crippen MR) is 87.0 cm³/mol. The molecule has 2 unspecified atom stereocenters. The lowest BCUT2D eigenvalue weighted by Gasteiger charge is -2.48. The van der Waals surface area contributed by atoms with Crippen LogP contribution in [0.2, 0.25) is 0 Å². The summed E-state index contributed by atoms with van der Waals surface area (Å²) in [4.78, 5) is 2.69. The van der Waals surface area contributed by atoms with Crippen LogP contribution in [-0.2, 0) is 5.54 Å². The van der Waals surface area contributed by atoms with Gasteiger partial charge >= 0.3 is 0 Å². The smallest absolute Gasteiger partial charge is 0.0557 e. The number of nitrogens with one attached hydrogen (secondary N) is 1. The molecule has 0 aromatic heterocycles. The van der Waals surface area contributed by atoms with E-state index in [1.807, 2.05) is 0 Å². The van der Waals surface area contributed by atoms with E-state index in [-0.39, 0.29) is 5.54 Å². The normalized spacial score (nSPS) is 27.6. The molecule has 2 atom stereocenters. The van der Waals surface area contributed by atoms with Crippen molar-refractivity contribution < 1.29 is 0 Å². The van der Waals surface area contributed by atoms with Crippen LogP contribution in [0, 0.1) is 0 Å². The Morgan fingerprint density at radius 2 is 1.95 bits per heavy atom. The van der Waals surface area contributed by atoms with Gasteiger partial charge < -0.3 is 5.32 Å². The Morgan fingerprint density at radius 3 is 2.65 bits per heavy atom. The fourth-order valence-corrected chi connectivity index (χ4v) is 3.23. The Morgan fingerprint density at radius 1 is 1.20 bits per heavy atom. The molecule has 1 saturated heterocycles. The Kier molecular flexibility index (Phi) is 5.62. The summed E-state index contributed by atoms with van der Waals surface area (Å²) in [5.74, 6) is 0. The fraction of sp³-hybridized carbons (Fsp3) is 0.667.